The Balaban J connectivity index is 2.10. The highest BCUT2D eigenvalue weighted by Gasteiger charge is 2.34. The van der Waals surface area contributed by atoms with Crippen molar-refractivity contribution >= 4 is 29.3 Å². The molecule has 0 fully saturated rings. The van der Waals surface area contributed by atoms with E-state index in [1.807, 2.05) is 0 Å². The smallest absolute Gasteiger partial charge is 0.418 e. The summed E-state index contributed by atoms with van der Waals surface area (Å²) in [6.45, 7) is 1.30. The number of halogens is 3. The van der Waals surface area contributed by atoms with Crippen molar-refractivity contribution in [1.29, 1.82) is 0 Å². The van der Waals surface area contributed by atoms with Crippen molar-refractivity contribution in [2.45, 2.75) is 24.1 Å². The van der Waals surface area contributed by atoms with Gasteiger partial charge in [-0.2, -0.15) is 13.2 Å². The number of alkyl halides is 3. The number of hydrogen-bond acceptors (Lipinski definition) is 4. The maximum atomic E-state index is 13.0. The maximum Gasteiger partial charge on any atom is 0.418 e. The van der Waals surface area contributed by atoms with Crippen molar-refractivity contribution in [2.75, 3.05) is 11.6 Å². The third-order valence-electron chi connectivity index (χ3n) is 3.47. The van der Waals surface area contributed by atoms with Crippen LogP contribution in [0.25, 0.3) is 0 Å². The van der Waals surface area contributed by atoms with Crippen LogP contribution in [0.5, 0.6) is 0 Å². The predicted molar refractivity (Wildman–Crippen MR) is 93.2 cm³/mol. The summed E-state index contributed by atoms with van der Waals surface area (Å²) >= 11 is 1.34. The minimum Gasteiger partial charge on any atom is -0.449 e. The summed E-state index contributed by atoms with van der Waals surface area (Å²) in [6.07, 6.45) is -4.09. The lowest BCUT2D eigenvalue weighted by Crippen LogP contribution is -2.31. The molecule has 0 saturated carbocycles. The van der Waals surface area contributed by atoms with Gasteiger partial charge in [0.15, 0.2) is 6.10 Å². The van der Waals surface area contributed by atoms with Crippen molar-refractivity contribution in [1.82, 2.24) is 0 Å². The number of nitrogens with one attached hydrogen (secondary N) is 1. The molecule has 0 radical (unpaired) electrons. The standard InChI is InChI=1S/C18H16F3NO3S/c1-11(25-17(24)12-7-3-6-10-15(12)26-2)16(23)22-14-9-5-4-8-13(14)18(19,20)21/h3-11H,1-2H3,(H,22,23)/t11-/m0/s1. The number of amides is 1. The van der Waals surface area contributed by atoms with E-state index in [0.717, 1.165) is 12.1 Å². The van der Waals surface area contributed by atoms with Gasteiger partial charge in [-0.05, 0) is 37.4 Å². The van der Waals surface area contributed by atoms with Gasteiger partial charge in [0.05, 0.1) is 16.8 Å². The molecule has 0 heterocycles. The molecule has 1 N–H and O–H groups in total. The second kappa shape index (κ2) is 8.27. The Morgan fingerprint density at radius 2 is 1.69 bits per heavy atom. The first-order valence-corrected chi connectivity index (χ1v) is 8.77. The van der Waals surface area contributed by atoms with Gasteiger partial charge in [0.2, 0.25) is 0 Å². The number of para-hydroxylation sites is 1. The number of benzene rings is 2. The van der Waals surface area contributed by atoms with Gasteiger partial charge in [-0.25, -0.2) is 4.79 Å². The van der Waals surface area contributed by atoms with Gasteiger partial charge < -0.3 is 10.1 Å². The molecule has 4 nitrogen and oxygen atoms in total. The Morgan fingerprint density at radius 1 is 1.08 bits per heavy atom. The molecule has 26 heavy (non-hydrogen) atoms. The summed E-state index contributed by atoms with van der Waals surface area (Å²) in [5.41, 5.74) is -1.08. The van der Waals surface area contributed by atoms with Gasteiger partial charge in [0.1, 0.15) is 0 Å². The van der Waals surface area contributed by atoms with E-state index in [1.54, 1.807) is 30.5 Å². The molecular weight excluding hydrogens is 367 g/mol. The van der Waals surface area contributed by atoms with Crippen LogP contribution in [-0.4, -0.2) is 24.2 Å². The largest absolute Gasteiger partial charge is 0.449 e. The molecule has 2 rings (SSSR count). The molecule has 0 unspecified atom stereocenters. The summed E-state index contributed by atoms with van der Waals surface area (Å²) in [5.74, 6) is -1.57. The molecule has 138 valence electrons. The second-order valence-electron chi connectivity index (χ2n) is 5.28. The molecule has 0 aliphatic heterocycles. The first-order chi connectivity index (χ1) is 12.2. The van der Waals surface area contributed by atoms with Gasteiger partial charge in [-0.1, -0.05) is 24.3 Å². The molecule has 2 aromatic carbocycles. The quantitative estimate of drug-likeness (QED) is 0.605. The molecule has 1 amide bonds. The van der Waals surface area contributed by atoms with Crippen LogP contribution in [-0.2, 0) is 15.7 Å². The van der Waals surface area contributed by atoms with Gasteiger partial charge >= 0.3 is 12.1 Å². The summed E-state index contributed by atoms with van der Waals surface area (Å²) in [6, 6.07) is 11.3. The van der Waals surface area contributed by atoms with Crippen LogP contribution in [0, 0.1) is 0 Å². The zero-order valence-corrected chi connectivity index (χ0v) is 14.8. The van der Waals surface area contributed by atoms with Gasteiger partial charge in [0, 0.05) is 4.90 Å². The molecule has 1 atom stereocenters. The fraction of sp³-hybridized carbons (Fsp3) is 0.222. The van der Waals surface area contributed by atoms with E-state index >= 15 is 0 Å². The number of esters is 1. The summed E-state index contributed by atoms with van der Waals surface area (Å²) < 4.78 is 44.0. The highest BCUT2D eigenvalue weighted by molar-refractivity contribution is 7.98. The van der Waals surface area contributed by atoms with Crippen molar-refractivity contribution in [3.8, 4) is 0 Å². The Morgan fingerprint density at radius 3 is 2.35 bits per heavy atom. The normalized spacial score (nSPS) is 12.3. The van der Waals surface area contributed by atoms with E-state index in [9.17, 15) is 22.8 Å². The van der Waals surface area contributed by atoms with E-state index < -0.39 is 35.4 Å². The Kier molecular flexibility index (Phi) is 6.31. The molecule has 0 spiro atoms. The number of hydrogen-bond donors (Lipinski definition) is 1. The lowest BCUT2D eigenvalue weighted by Gasteiger charge is -2.17. The van der Waals surface area contributed by atoms with Gasteiger partial charge in [0.25, 0.3) is 5.91 Å². The fourth-order valence-electron chi connectivity index (χ4n) is 2.16. The average Bonchev–Trinajstić information content (AvgIpc) is 2.61. The van der Waals surface area contributed by atoms with Gasteiger partial charge in [-0.15, -0.1) is 11.8 Å². The van der Waals surface area contributed by atoms with Crippen molar-refractivity contribution in [3.63, 3.8) is 0 Å². The number of thioether (sulfide) groups is 1. The minimum atomic E-state index is -4.61. The monoisotopic (exact) mass is 383 g/mol. The lowest BCUT2D eigenvalue weighted by atomic mass is 10.1. The minimum absolute atomic E-state index is 0.287. The molecular formula is C18H16F3NO3S. The summed E-state index contributed by atoms with van der Waals surface area (Å²) in [5, 5.41) is 2.16. The zero-order chi connectivity index (χ0) is 19.3. The van der Waals surface area contributed by atoms with Crippen LogP contribution in [0.3, 0.4) is 0 Å². The molecule has 2 aromatic rings. The average molecular weight is 383 g/mol. The molecule has 0 aromatic heterocycles. The van der Waals surface area contributed by atoms with Crippen molar-refractivity contribution < 1.29 is 27.5 Å². The molecule has 0 bridgehead atoms. The SMILES string of the molecule is CSc1ccccc1C(=O)O[C@@H](C)C(=O)Nc1ccccc1C(F)(F)F. The Labute approximate surface area is 152 Å². The Bertz CT molecular complexity index is 808. The Hall–Kier alpha value is -2.48. The van der Waals surface area contributed by atoms with Crippen LogP contribution < -0.4 is 5.32 Å². The van der Waals surface area contributed by atoms with E-state index in [0.29, 0.717) is 4.90 Å². The topological polar surface area (TPSA) is 55.4 Å². The van der Waals surface area contributed by atoms with E-state index in [2.05, 4.69) is 5.32 Å². The number of carbonyl (C=O) groups is 2. The molecule has 0 saturated heterocycles. The maximum absolute atomic E-state index is 13.0. The van der Waals surface area contributed by atoms with E-state index in [-0.39, 0.29) is 5.56 Å². The van der Waals surface area contributed by atoms with Gasteiger partial charge in [-0.3, -0.25) is 4.79 Å². The molecule has 0 aliphatic rings. The third kappa shape index (κ3) is 4.78. The highest BCUT2D eigenvalue weighted by atomic mass is 32.2. The lowest BCUT2D eigenvalue weighted by molar-refractivity contribution is -0.137. The number of ether oxygens (including phenoxy) is 1. The predicted octanol–water partition coefficient (Wildman–Crippen LogP) is 4.61. The zero-order valence-electron chi connectivity index (χ0n) is 14.0. The first kappa shape index (κ1) is 19.8. The number of carbonyl (C=O) groups excluding carboxylic acids is 2. The highest BCUT2D eigenvalue weighted by Crippen LogP contribution is 2.34. The van der Waals surface area contributed by atoms with E-state index in [4.69, 9.17) is 4.74 Å². The van der Waals surface area contributed by atoms with Crippen LogP contribution in [0.15, 0.2) is 53.4 Å². The second-order valence-corrected chi connectivity index (χ2v) is 6.13. The van der Waals surface area contributed by atoms with E-state index in [1.165, 1.54) is 30.8 Å². The number of rotatable bonds is 5. The summed E-state index contributed by atoms with van der Waals surface area (Å²) in [7, 11) is 0. The van der Waals surface area contributed by atoms with Crippen molar-refractivity contribution in [3.05, 3.63) is 59.7 Å². The van der Waals surface area contributed by atoms with Crippen LogP contribution >= 0.6 is 11.8 Å². The molecule has 0 aliphatic carbocycles. The van der Waals surface area contributed by atoms with Crippen molar-refractivity contribution in [2.24, 2.45) is 0 Å². The van der Waals surface area contributed by atoms with Crippen LogP contribution in [0.1, 0.15) is 22.8 Å². The summed E-state index contributed by atoms with van der Waals surface area (Å²) in [4.78, 5) is 25.0. The van der Waals surface area contributed by atoms with Crippen LogP contribution in [0.4, 0.5) is 18.9 Å². The first-order valence-electron chi connectivity index (χ1n) is 7.55. The third-order valence-corrected chi connectivity index (χ3v) is 4.27. The number of anilines is 1. The fourth-order valence-corrected chi connectivity index (χ4v) is 2.75. The van der Waals surface area contributed by atoms with Crippen LogP contribution in [0.2, 0.25) is 0 Å². The molecule has 8 heteroatoms.